The molecule has 0 radical (unpaired) electrons. The van der Waals surface area contributed by atoms with Gasteiger partial charge in [0.05, 0.1) is 43.9 Å². The zero-order chi connectivity index (χ0) is 24.3. The molecule has 2 saturated heterocycles. The summed E-state index contributed by atoms with van der Waals surface area (Å²) in [4.78, 5) is 16.5. The molecule has 1 saturated carbocycles. The molecule has 0 amide bonds. The topological polar surface area (TPSA) is 81.4 Å². The third-order valence-corrected chi connectivity index (χ3v) is 11.2. The number of nitrogens with zero attached hydrogens (tertiary/aromatic N) is 2. The average Bonchev–Trinajstić information content (AvgIpc) is 3.67. The highest BCUT2D eigenvalue weighted by Gasteiger charge is 2.41. The first-order valence-electron chi connectivity index (χ1n) is 13.3. The van der Waals surface area contributed by atoms with Crippen LogP contribution in [0.5, 0.6) is 0 Å². The average molecular weight is 495 g/mol. The number of fused-ring (bicyclic) bond motifs is 1. The van der Waals surface area contributed by atoms with Gasteiger partial charge in [0.25, 0.3) is 0 Å². The number of imidazole rings is 2. The first-order valence-corrected chi connectivity index (χ1v) is 16.7. The van der Waals surface area contributed by atoms with Gasteiger partial charge < -0.3 is 20.6 Å². The van der Waals surface area contributed by atoms with E-state index < -0.39 is 8.07 Å². The number of benzene rings is 2. The Kier molecular flexibility index (Phi) is 5.27. The third kappa shape index (κ3) is 4.05. The van der Waals surface area contributed by atoms with E-state index in [0.717, 1.165) is 29.0 Å². The van der Waals surface area contributed by atoms with Gasteiger partial charge in [0.2, 0.25) is 0 Å². The van der Waals surface area contributed by atoms with Gasteiger partial charge in [-0.3, -0.25) is 0 Å². The maximum absolute atomic E-state index is 4.70. The standard InChI is InChI=1S/C29H34N6Si/c1-36(2)16-27(32-17-36)29-31-15-26(35-29)21-9-5-19(6-10-21)18-3-7-20(8-4-18)25-14-30-28(34-25)24-13-22-11-12-23(22)33-24/h3-10,14-15,22-24,27,32-33H,11-13,16-17H2,1-2H3,(H,30,34)(H,31,35). The van der Waals surface area contributed by atoms with Crippen molar-refractivity contribution in [3.8, 4) is 33.6 Å². The van der Waals surface area contributed by atoms with Gasteiger partial charge in [0, 0.05) is 6.04 Å². The van der Waals surface area contributed by atoms with E-state index >= 15 is 0 Å². The van der Waals surface area contributed by atoms with Gasteiger partial charge in [0.15, 0.2) is 0 Å². The fraction of sp³-hybridized carbons (Fsp3) is 0.379. The summed E-state index contributed by atoms with van der Waals surface area (Å²) in [5, 5.41) is 7.39. The lowest BCUT2D eigenvalue weighted by Crippen LogP contribution is -2.35. The Morgan fingerprint density at radius 2 is 1.28 bits per heavy atom. The lowest BCUT2D eigenvalue weighted by atomic mass is 9.80. The molecule has 4 unspecified atom stereocenters. The lowest BCUT2D eigenvalue weighted by molar-refractivity contribution is 0.276. The van der Waals surface area contributed by atoms with E-state index in [4.69, 9.17) is 4.98 Å². The van der Waals surface area contributed by atoms with Crippen LogP contribution in [0.3, 0.4) is 0 Å². The molecule has 0 spiro atoms. The monoisotopic (exact) mass is 494 g/mol. The molecule has 3 aliphatic rings. The summed E-state index contributed by atoms with van der Waals surface area (Å²) in [6.45, 7) is 4.89. The second kappa shape index (κ2) is 8.54. The summed E-state index contributed by atoms with van der Waals surface area (Å²) in [6.07, 6.45) is 9.01. The van der Waals surface area contributed by atoms with Crippen LogP contribution in [0.25, 0.3) is 33.6 Å². The Bertz CT molecular complexity index is 1280. The molecular weight excluding hydrogens is 460 g/mol. The molecule has 3 fully saturated rings. The van der Waals surface area contributed by atoms with Crippen LogP contribution < -0.4 is 10.6 Å². The summed E-state index contributed by atoms with van der Waals surface area (Å²) in [5.41, 5.74) is 6.94. The van der Waals surface area contributed by atoms with Gasteiger partial charge >= 0.3 is 0 Å². The number of nitrogens with one attached hydrogen (secondary N) is 4. The van der Waals surface area contributed by atoms with Gasteiger partial charge in [-0.25, -0.2) is 9.97 Å². The van der Waals surface area contributed by atoms with Crippen LogP contribution in [0.15, 0.2) is 60.9 Å². The van der Waals surface area contributed by atoms with Gasteiger partial charge in [0.1, 0.15) is 11.6 Å². The van der Waals surface area contributed by atoms with Crippen LogP contribution in [0.1, 0.15) is 43.0 Å². The Hall–Kier alpha value is -3.00. The summed E-state index contributed by atoms with van der Waals surface area (Å²) in [7, 11) is -1.11. The van der Waals surface area contributed by atoms with Crippen LogP contribution in [-0.2, 0) is 0 Å². The van der Waals surface area contributed by atoms with Crippen molar-refractivity contribution in [3.05, 3.63) is 72.6 Å². The number of aromatic amines is 2. The van der Waals surface area contributed by atoms with Crippen molar-refractivity contribution in [1.29, 1.82) is 0 Å². The molecule has 6 nitrogen and oxygen atoms in total. The highest BCUT2D eigenvalue weighted by molar-refractivity contribution is 6.78. The van der Waals surface area contributed by atoms with Crippen LogP contribution in [0, 0.1) is 5.92 Å². The van der Waals surface area contributed by atoms with Crippen molar-refractivity contribution >= 4 is 8.07 Å². The third-order valence-electron chi connectivity index (χ3n) is 8.53. The van der Waals surface area contributed by atoms with E-state index in [1.165, 1.54) is 53.7 Å². The largest absolute Gasteiger partial charge is 0.341 e. The summed E-state index contributed by atoms with van der Waals surface area (Å²) in [6, 6.07) is 20.2. The number of aromatic nitrogens is 4. The van der Waals surface area contributed by atoms with Crippen LogP contribution >= 0.6 is 0 Å². The molecule has 36 heavy (non-hydrogen) atoms. The predicted octanol–water partition coefficient (Wildman–Crippen LogP) is 5.84. The highest BCUT2D eigenvalue weighted by Crippen LogP contribution is 2.42. The maximum atomic E-state index is 4.70. The van der Waals surface area contributed by atoms with E-state index in [9.17, 15) is 0 Å². The maximum Gasteiger partial charge on any atom is 0.123 e. The highest BCUT2D eigenvalue weighted by atomic mass is 28.3. The molecule has 7 heteroatoms. The molecule has 184 valence electrons. The second-order valence-corrected chi connectivity index (χ2v) is 16.8. The van der Waals surface area contributed by atoms with Gasteiger partial charge in [-0.15, -0.1) is 0 Å². The smallest absolute Gasteiger partial charge is 0.123 e. The van der Waals surface area contributed by atoms with Crippen molar-refractivity contribution in [2.24, 2.45) is 5.92 Å². The van der Waals surface area contributed by atoms with Gasteiger partial charge in [-0.05, 0) is 59.6 Å². The molecule has 4 atom stereocenters. The van der Waals surface area contributed by atoms with E-state index in [2.05, 4.69) is 87.2 Å². The Morgan fingerprint density at radius 1 is 0.722 bits per heavy atom. The number of H-pyrrole nitrogens is 2. The number of rotatable bonds is 5. The van der Waals surface area contributed by atoms with E-state index in [-0.39, 0.29) is 0 Å². The normalized spacial score (nSPS) is 26.6. The molecule has 4 N–H and O–H groups in total. The number of hydrogen-bond donors (Lipinski definition) is 4. The minimum Gasteiger partial charge on any atom is -0.341 e. The van der Waals surface area contributed by atoms with Gasteiger partial charge in [-0.2, -0.15) is 0 Å². The van der Waals surface area contributed by atoms with E-state index in [1.807, 2.05) is 12.4 Å². The summed E-state index contributed by atoms with van der Waals surface area (Å²) in [5.74, 6) is 3.00. The molecule has 4 aromatic rings. The molecule has 2 aliphatic heterocycles. The number of hydrogen-bond acceptors (Lipinski definition) is 4. The first kappa shape index (κ1) is 22.2. The lowest BCUT2D eigenvalue weighted by Gasteiger charge is -2.29. The van der Waals surface area contributed by atoms with E-state index in [0.29, 0.717) is 18.1 Å². The molecule has 4 heterocycles. The SMILES string of the molecule is C[Si]1(C)CNC(c2ncc(-c3ccc(-c4ccc(-c5cnc(C6CC7CCC7N6)[nH]5)cc4)cc3)[nH]2)C1. The second-order valence-electron chi connectivity index (χ2n) is 11.7. The van der Waals surface area contributed by atoms with Crippen molar-refractivity contribution in [2.45, 2.75) is 56.5 Å². The van der Waals surface area contributed by atoms with Crippen molar-refractivity contribution in [3.63, 3.8) is 0 Å². The van der Waals surface area contributed by atoms with Crippen LogP contribution in [0.2, 0.25) is 19.1 Å². The summed E-state index contributed by atoms with van der Waals surface area (Å²) < 4.78 is 0. The molecule has 0 bridgehead atoms. The minimum atomic E-state index is -1.11. The Labute approximate surface area is 213 Å². The summed E-state index contributed by atoms with van der Waals surface area (Å²) >= 11 is 0. The molecule has 7 rings (SSSR count). The Balaban J connectivity index is 1.04. The Morgan fingerprint density at radius 3 is 1.72 bits per heavy atom. The van der Waals surface area contributed by atoms with Crippen molar-refractivity contribution < 1.29 is 0 Å². The first-order chi connectivity index (χ1) is 17.5. The zero-order valence-corrected chi connectivity index (χ0v) is 22.0. The van der Waals surface area contributed by atoms with Crippen LogP contribution in [0.4, 0.5) is 0 Å². The van der Waals surface area contributed by atoms with Crippen molar-refractivity contribution in [1.82, 2.24) is 30.6 Å². The minimum absolute atomic E-state index is 0.369. The molecule has 1 aliphatic carbocycles. The fourth-order valence-corrected chi connectivity index (χ4v) is 8.57. The quantitative estimate of drug-likeness (QED) is 0.263. The molecule has 2 aromatic carbocycles. The van der Waals surface area contributed by atoms with E-state index in [1.54, 1.807) is 0 Å². The van der Waals surface area contributed by atoms with Gasteiger partial charge in [-0.1, -0.05) is 61.6 Å². The zero-order valence-electron chi connectivity index (χ0n) is 21.0. The molecular formula is C29H34N6Si. The van der Waals surface area contributed by atoms with Crippen LogP contribution in [-0.4, -0.2) is 40.2 Å². The molecule has 2 aromatic heterocycles. The fourth-order valence-electron chi connectivity index (χ4n) is 6.19. The predicted molar refractivity (Wildman–Crippen MR) is 147 cm³/mol. The van der Waals surface area contributed by atoms with Crippen molar-refractivity contribution in [2.75, 3.05) is 6.17 Å².